The molecule has 0 saturated carbocycles. The molecule has 1 aliphatic heterocycles. The lowest BCUT2D eigenvalue weighted by Crippen LogP contribution is -2.26. The molecule has 0 bridgehead atoms. The minimum atomic E-state index is -0.537. The van der Waals surface area contributed by atoms with Crippen LogP contribution >= 0.6 is 0 Å². The summed E-state index contributed by atoms with van der Waals surface area (Å²) < 4.78 is 19.1. The Morgan fingerprint density at radius 1 is 1.40 bits per heavy atom. The molecule has 0 aromatic carbocycles. The minimum absolute atomic E-state index is 0.101. The van der Waals surface area contributed by atoms with Gasteiger partial charge in [0.15, 0.2) is 5.69 Å². The fourth-order valence-electron chi connectivity index (χ4n) is 3.86. The van der Waals surface area contributed by atoms with Crippen molar-refractivity contribution < 1.29 is 13.9 Å². The fraction of sp³-hybridized carbons (Fsp3) is 0.450. The zero-order valence-electron chi connectivity index (χ0n) is 16.8. The lowest BCUT2D eigenvalue weighted by atomic mass is 10.00. The zero-order chi connectivity index (χ0) is 21.1. The Hall–Kier alpha value is -3.14. The molecule has 3 aromatic heterocycles. The second-order valence-electron chi connectivity index (χ2n) is 7.16. The van der Waals surface area contributed by atoms with Gasteiger partial charge >= 0.3 is 5.97 Å². The number of aromatic nitrogens is 5. The second kappa shape index (κ2) is 8.70. The molecule has 30 heavy (non-hydrogen) atoms. The van der Waals surface area contributed by atoms with Crippen LogP contribution in [0, 0.1) is 5.82 Å². The van der Waals surface area contributed by atoms with Crippen molar-refractivity contribution in [2.45, 2.75) is 38.6 Å². The Bertz CT molecular complexity index is 1050. The van der Waals surface area contributed by atoms with Gasteiger partial charge in [-0.3, -0.25) is 10.1 Å². The smallest absolute Gasteiger partial charge is 0.361 e. The summed E-state index contributed by atoms with van der Waals surface area (Å²) in [5.74, 6) is -0.445. The van der Waals surface area contributed by atoms with E-state index in [0.717, 1.165) is 37.1 Å². The standard InChI is InChI=1S/C20H24FN7O2/c1-2-30-19(29)18-17-15(26-27-18)11-24-20(25-17)28-8-4-6-16(28)13-9-12(21)10-23-14(13)5-3-7-22/h9-11,16H,2-8,22H2,1H3,(H,26,27)/t16-/m1/s1. The Morgan fingerprint density at radius 3 is 3.07 bits per heavy atom. The molecule has 1 fully saturated rings. The van der Waals surface area contributed by atoms with Gasteiger partial charge in [0.25, 0.3) is 0 Å². The Labute approximate surface area is 172 Å². The predicted molar refractivity (Wildman–Crippen MR) is 109 cm³/mol. The highest BCUT2D eigenvalue weighted by atomic mass is 19.1. The monoisotopic (exact) mass is 413 g/mol. The molecule has 0 spiro atoms. The van der Waals surface area contributed by atoms with Crippen molar-refractivity contribution in [3.63, 3.8) is 0 Å². The highest BCUT2D eigenvalue weighted by Crippen LogP contribution is 2.36. The molecule has 0 aliphatic carbocycles. The number of pyridine rings is 1. The number of nitrogens with zero attached hydrogens (tertiary/aromatic N) is 5. The number of carbonyl (C=O) groups excluding carboxylic acids is 1. The number of H-pyrrole nitrogens is 1. The van der Waals surface area contributed by atoms with Crippen LogP contribution in [0.4, 0.5) is 10.3 Å². The van der Waals surface area contributed by atoms with E-state index in [1.165, 1.54) is 6.20 Å². The van der Waals surface area contributed by atoms with Crippen molar-refractivity contribution in [1.82, 2.24) is 25.1 Å². The number of aryl methyl sites for hydroxylation is 1. The summed E-state index contributed by atoms with van der Waals surface area (Å²) in [4.78, 5) is 27.6. The molecule has 3 N–H and O–H groups in total. The Kier molecular flexibility index (Phi) is 5.84. The second-order valence-corrected chi connectivity index (χ2v) is 7.16. The molecule has 0 amide bonds. The van der Waals surface area contributed by atoms with Crippen LogP contribution in [0.5, 0.6) is 0 Å². The van der Waals surface area contributed by atoms with Crippen molar-refractivity contribution in [2.24, 2.45) is 5.73 Å². The number of rotatable bonds is 7. The number of aromatic amines is 1. The molecule has 1 saturated heterocycles. The van der Waals surface area contributed by atoms with Crippen LogP contribution in [0.2, 0.25) is 0 Å². The van der Waals surface area contributed by atoms with Gasteiger partial charge in [-0.2, -0.15) is 5.10 Å². The summed E-state index contributed by atoms with van der Waals surface area (Å²) in [5, 5.41) is 6.79. The first-order valence-corrected chi connectivity index (χ1v) is 10.1. The van der Waals surface area contributed by atoms with Gasteiger partial charge in [0, 0.05) is 12.2 Å². The van der Waals surface area contributed by atoms with E-state index in [-0.39, 0.29) is 24.2 Å². The summed E-state index contributed by atoms with van der Waals surface area (Å²) in [7, 11) is 0. The molecule has 10 heteroatoms. The first kappa shape index (κ1) is 20.1. The number of fused-ring (bicyclic) bond motifs is 1. The van der Waals surface area contributed by atoms with Crippen LogP contribution in [-0.2, 0) is 11.2 Å². The molecule has 0 unspecified atom stereocenters. The SMILES string of the molecule is CCOC(=O)c1n[nH]c2cnc(N3CCC[C@@H]3c3cc(F)cnc3CCCN)nc12. The maximum atomic E-state index is 14.0. The van der Waals surface area contributed by atoms with Crippen LogP contribution in [0.1, 0.15) is 54.0 Å². The molecule has 1 aliphatic rings. The van der Waals surface area contributed by atoms with E-state index in [1.807, 2.05) is 4.90 Å². The van der Waals surface area contributed by atoms with Crippen LogP contribution in [-0.4, -0.2) is 50.8 Å². The van der Waals surface area contributed by atoms with Crippen molar-refractivity contribution in [3.05, 3.63) is 41.2 Å². The van der Waals surface area contributed by atoms with Gasteiger partial charge in [0.1, 0.15) is 16.9 Å². The Morgan fingerprint density at radius 2 is 2.27 bits per heavy atom. The molecule has 1 atom stereocenters. The largest absolute Gasteiger partial charge is 0.461 e. The maximum absolute atomic E-state index is 14.0. The molecule has 0 radical (unpaired) electrons. The van der Waals surface area contributed by atoms with E-state index in [4.69, 9.17) is 10.5 Å². The highest BCUT2D eigenvalue weighted by Gasteiger charge is 2.31. The van der Waals surface area contributed by atoms with Gasteiger partial charge in [-0.15, -0.1) is 0 Å². The summed E-state index contributed by atoms with van der Waals surface area (Å²) in [6.45, 7) is 3.24. The van der Waals surface area contributed by atoms with E-state index in [9.17, 15) is 9.18 Å². The third-order valence-corrected chi connectivity index (χ3v) is 5.21. The number of nitrogens with two attached hydrogens (primary N) is 1. The van der Waals surface area contributed by atoms with Crippen molar-refractivity contribution in [3.8, 4) is 0 Å². The molecule has 4 heterocycles. The highest BCUT2D eigenvalue weighted by molar-refractivity contribution is 6.00. The molecule has 3 aromatic rings. The van der Waals surface area contributed by atoms with E-state index in [1.54, 1.807) is 19.2 Å². The average Bonchev–Trinajstić information content (AvgIpc) is 3.39. The quantitative estimate of drug-likeness (QED) is 0.566. The average molecular weight is 413 g/mol. The molecule has 9 nitrogen and oxygen atoms in total. The zero-order valence-corrected chi connectivity index (χ0v) is 16.8. The topological polar surface area (TPSA) is 123 Å². The summed E-state index contributed by atoms with van der Waals surface area (Å²) >= 11 is 0. The number of hydrogen-bond donors (Lipinski definition) is 2. The number of carbonyl (C=O) groups is 1. The van der Waals surface area contributed by atoms with Crippen LogP contribution < -0.4 is 10.6 Å². The number of ether oxygens (including phenoxy) is 1. The first-order chi connectivity index (χ1) is 14.6. The Balaban J connectivity index is 1.70. The number of esters is 1. The fourth-order valence-corrected chi connectivity index (χ4v) is 3.86. The third kappa shape index (κ3) is 3.82. The van der Waals surface area contributed by atoms with E-state index >= 15 is 0 Å². The maximum Gasteiger partial charge on any atom is 0.361 e. The van der Waals surface area contributed by atoms with Gasteiger partial charge in [-0.25, -0.2) is 19.2 Å². The third-order valence-electron chi connectivity index (χ3n) is 5.21. The molecule has 158 valence electrons. The number of hydrogen-bond acceptors (Lipinski definition) is 8. The normalized spacial score (nSPS) is 16.4. The first-order valence-electron chi connectivity index (χ1n) is 10.1. The van der Waals surface area contributed by atoms with E-state index in [0.29, 0.717) is 29.9 Å². The van der Waals surface area contributed by atoms with Gasteiger partial charge in [0.05, 0.1) is 25.0 Å². The molecule has 4 rings (SSSR count). The molecular weight excluding hydrogens is 389 g/mol. The van der Waals surface area contributed by atoms with Crippen molar-refractivity contribution in [2.75, 3.05) is 24.6 Å². The van der Waals surface area contributed by atoms with E-state index < -0.39 is 5.97 Å². The number of anilines is 1. The van der Waals surface area contributed by atoms with Crippen molar-refractivity contribution in [1.29, 1.82) is 0 Å². The summed E-state index contributed by atoms with van der Waals surface area (Å²) in [6.07, 6.45) is 6.05. The summed E-state index contributed by atoms with van der Waals surface area (Å²) in [5.41, 5.74) is 8.41. The van der Waals surface area contributed by atoms with Gasteiger partial charge in [-0.1, -0.05) is 0 Å². The predicted octanol–water partition coefficient (Wildman–Crippen LogP) is 2.30. The van der Waals surface area contributed by atoms with Gasteiger partial charge in [0.2, 0.25) is 5.95 Å². The van der Waals surface area contributed by atoms with Crippen molar-refractivity contribution >= 4 is 23.0 Å². The van der Waals surface area contributed by atoms with Crippen LogP contribution in [0.3, 0.4) is 0 Å². The summed E-state index contributed by atoms with van der Waals surface area (Å²) in [6, 6.07) is 1.44. The van der Waals surface area contributed by atoms with Crippen LogP contribution in [0.15, 0.2) is 18.5 Å². The van der Waals surface area contributed by atoms with E-state index in [2.05, 4.69) is 25.1 Å². The lowest BCUT2D eigenvalue weighted by molar-refractivity contribution is 0.0521. The van der Waals surface area contributed by atoms with Crippen LogP contribution in [0.25, 0.3) is 11.0 Å². The molecular formula is C20H24FN7O2. The number of halogens is 1. The van der Waals surface area contributed by atoms with Gasteiger partial charge in [-0.05, 0) is 50.8 Å². The minimum Gasteiger partial charge on any atom is -0.461 e. The van der Waals surface area contributed by atoms with Gasteiger partial charge < -0.3 is 15.4 Å². The number of nitrogens with one attached hydrogen (secondary N) is 1. The lowest BCUT2D eigenvalue weighted by Gasteiger charge is -2.26.